The minimum atomic E-state index is -1.34. The van der Waals surface area contributed by atoms with Crippen molar-refractivity contribution in [1.82, 2.24) is 9.55 Å². The van der Waals surface area contributed by atoms with Crippen LogP contribution in [0, 0.1) is 5.82 Å². The number of rotatable bonds is 4. The lowest BCUT2D eigenvalue weighted by molar-refractivity contribution is 0.0695. The highest BCUT2D eigenvalue weighted by atomic mass is 19.1. The number of anilines is 1. The van der Waals surface area contributed by atoms with Crippen LogP contribution in [-0.2, 0) is 0 Å². The summed E-state index contributed by atoms with van der Waals surface area (Å²) in [6.07, 6.45) is 2.76. The van der Waals surface area contributed by atoms with Crippen LogP contribution in [0.1, 0.15) is 42.6 Å². The zero-order valence-corrected chi connectivity index (χ0v) is 16.1. The molecule has 1 saturated carbocycles. The van der Waals surface area contributed by atoms with Gasteiger partial charge in [-0.05, 0) is 37.8 Å². The highest BCUT2D eigenvalue weighted by Gasteiger charge is 2.30. The number of piperidine rings is 1. The molecule has 8 nitrogen and oxygen atoms in total. The van der Waals surface area contributed by atoms with Gasteiger partial charge in [-0.1, -0.05) is 5.57 Å². The Hall–Kier alpha value is -2.78. The number of carboxylic acids is 1. The van der Waals surface area contributed by atoms with Gasteiger partial charge in [-0.3, -0.25) is 4.79 Å². The van der Waals surface area contributed by atoms with Crippen LogP contribution in [0.15, 0.2) is 28.2 Å². The largest absolute Gasteiger partial charge is 0.477 e. The second-order valence-corrected chi connectivity index (χ2v) is 7.70. The molecule has 2 aromatic rings. The zero-order chi connectivity index (χ0) is 20.9. The average molecular weight is 402 g/mol. The number of nitrogens with two attached hydrogens (primary N) is 1. The number of halogens is 1. The number of carboxylic acid groups (broad SMARTS) is 1. The number of aliphatic hydroxyl groups excluding tert-OH is 1. The predicted molar refractivity (Wildman–Crippen MR) is 106 cm³/mol. The first-order valence-corrected chi connectivity index (χ1v) is 9.62. The molecule has 2 aliphatic rings. The summed E-state index contributed by atoms with van der Waals surface area (Å²) < 4.78 is 16.6. The van der Waals surface area contributed by atoms with Crippen LogP contribution in [0.5, 0.6) is 0 Å². The number of fused-ring (bicyclic) bond motifs is 1. The highest BCUT2D eigenvalue weighted by molar-refractivity contribution is 5.92. The van der Waals surface area contributed by atoms with E-state index in [0.29, 0.717) is 19.5 Å². The van der Waals surface area contributed by atoms with E-state index in [-0.39, 0.29) is 29.4 Å². The summed E-state index contributed by atoms with van der Waals surface area (Å²) >= 11 is 0. The van der Waals surface area contributed by atoms with Crippen molar-refractivity contribution in [2.24, 2.45) is 5.73 Å². The number of hydrogen-bond donors (Lipinski definition) is 3. The number of aromatic carboxylic acids is 1. The van der Waals surface area contributed by atoms with Crippen molar-refractivity contribution in [1.29, 1.82) is 0 Å². The second kappa shape index (κ2) is 7.23. The standard InChI is InChI=1S/C20H23FN4O4/c1-10(7-22)12-4-5-24(9-16(12)26)19-15(21)6-13-17(27)14(20(28)29)8-25(11-2-3-11)18(13)23-19/h6,8,11,16,26H,2-5,7,9,22H2,1H3,(H,28,29)/b12-10-. The summed E-state index contributed by atoms with van der Waals surface area (Å²) in [5.74, 6) is -2.00. The summed E-state index contributed by atoms with van der Waals surface area (Å²) in [4.78, 5) is 30.0. The van der Waals surface area contributed by atoms with E-state index in [9.17, 15) is 24.2 Å². The molecule has 0 amide bonds. The molecule has 1 aliphatic carbocycles. The van der Waals surface area contributed by atoms with Crippen LogP contribution in [0.25, 0.3) is 11.0 Å². The van der Waals surface area contributed by atoms with Gasteiger partial charge < -0.3 is 25.4 Å². The Balaban J connectivity index is 1.80. The zero-order valence-electron chi connectivity index (χ0n) is 16.1. The van der Waals surface area contributed by atoms with Gasteiger partial charge in [-0.15, -0.1) is 0 Å². The summed E-state index contributed by atoms with van der Waals surface area (Å²) in [7, 11) is 0. The minimum Gasteiger partial charge on any atom is -0.477 e. The Labute approximate surface area is 166 Å². The molecule has 0 radical (unpaired) electrons. The number of hydrogen-bond acceptors (Lipinski definition) is 6. The number of aromatic nitrogens is 2. The highest BCUT2D eigenvalue weighted by Crippen LogP contribution is 2.37. The first-order chi connectivity index (χ1) is 13.8. The van der Waals surface area contributed by atoms with Gasteiger partial charge in [-0.2, -0.15) is 0 Å². The molecule has 9 heteroatoms. The maximum Gasteiger partial charge on any atom is 0.341 e. The fraction of sp³-hybridized carbons (Fsp3) is 0.450. The van der Waals surface area contributed by atoms with E-state index >= 15 is 0 Å². The van der Waals surface area contributed by atoms with Crippen molar-refractivity contribution in [2.75, 3.05) is 24.5 Å². The molecule has 1 aliphatic heterocycles. The lowest BCUT2D eigenvalue weighted by Gasteiger charge is -2.34. The Morgan fingerprint density at radius 3 is 2.72 bits per heavy atom. The maximum absolute atomic E-state index is 14.9. The molecule has 2 aromatic heterocycles. The van der Waals surface area contributed by atoms with Crippen LogP contribution < -0.4 is 16.1 Å². The molecular weight excluding hydrogens is 379 g/mol. The van der Waals surface area contributed by atoms with Crippen LogP contribution in [0.3, 0.4) is 0 Å². The van der Waals surface area contributed by atoms with Crippen molar-refractivity contribution in [2.45, 2.75) is 38.3 Å². The van der Waals surface area contributed by atoms with Gasteiger partial charge in [0.15, 0.2) is 11.6 Å². The SMILES string of the molecule is C/C(CN)=C1\CCN(c2nc3c(cc2F)c(=O)c(C(=O)O)cn3C2CC2)CC1O. The van der Waals surface area contributed by atoms with Crippen LogP contribution in [0.4, 0.5) is 10.2 Å². The number of aliphatic hydroxyl groups is 1. The molecule has 1 unspecified atom stereocenters. The van der Waals surface area contributed by atoms with Crippen molar-refractivity contribution < 1.29 is 19.4 Å². The van der Waals surface area contributed by atoms with Gasteiger partial charge in [0, 0.05) is 31.9 Å². The van der Waals surface area contributed by atoms with E-state index in [1.54, 1.807) is 9.47 Å². The predicted octanol–water partition coefficient (Wildman–Crippen LogP) is 1.41. The van der Waals surface area contributed by atoms with Crippen molar-refractivity contribution in [3.05, 3.63) is 45.0 Å². The average Bonchev–Trinajstić information content (AvgIpc) is 3.52. The molecule has 0 bridgehead atoms. The third-order valence-corrected chi connectivity index (χ3v) is 5.71. The topological polar surface area (TPSA) is 122 Å². The summed E-state index contributed by atoms with van der Waals surface area (Å²) in [6, 6.07) is 1.12. The van der Waals surface area contributed by atoms with Crippen LogP contribution in [-0.4, -0.2) is 51.5 Å². The Bertz CT molecular complexity index is 1090. The van der Waals surface area contributed by atoms with E-state index < -0.39 is 28.9 Å². The fourth-order valence-electron chi connectivity index (χ4n) is 3.90. The fourth-order valence-corrected chi connectivity index (χ4v) is 3.90. The molecule has 1 atom stereocenters. The molecule has 3 heterocycles. The lowest BCUT2D eigenvalue weighted by atomic mass is 9.96. The summed E-state index contributed by atoms with van der Waals surface area (Å²) in [6.45, 7) is 2.86. The molecular formula is C20H23FN4O4. The Morgan fingerprint density at radius 2 is 2.14 bits per heavy atom. The molecule has 2 fully saturated rings. The van der Waals surface area contributed by atoms with Gasteiger partial charge in [0.25, 0.3) is 0 Å². The quantitative estimate of drug-likeness (QED) is 0.661. The van der Waals surface area contributed by atoms with Gasteiger partial charge in [0.2, 0.25) is 5.43 Å². The van der Waals surface area contributed by atoms with E-state index in [0.717, 1.165) is 30.1 Å². The van der Waals surface area contributed by atoms with Gasteiger partial charge in [0.1, 0.15) is 11.2 Å². The minimum absolute atomic E-state index is 0.0461. The van der Waals surface area contributed by atoms with Crippen LogP contribution in [0.2, 0.25) is 0 Å². The normalized spacial score (nSPS) is 21.5. The molecule has 0 aromatic carbocycles. The smallest absolute Gasteiger partial charge is 0.341 e. The monoisotopic (exact) mass is 402 g/mol. The molecule has 29 heavy (non-hydrogen) atoms. The third kappa shape index (κ3) is 3.40. The number of carbonyl (C=O) groups is 1. The first kappa shape index (κ1) is 19.5. The van der Waals surface area contributed by atoms with Crippen molar-refractivity contribution in [3.8, 4) is 0 Å². The Kier molecular flexibility index (Phi) is 4.87. The van der Waals surface area contributed by atoms with Gasteiger partial charge in [-0.25, -0.2) is 14.2 Å². The van der Waals surface area contributed by atoms with E-state index in [4.69, 9.17) is 5.73 Å². The molecule has 0 spiro atoms. The lowest BCUT2D eigenvalue weighted by Crippen LogP contribution is -2.41. The van der Waals surface area contributed by atoms with Crippen LogP contribution >= 0.6 is 0 Å². The summed E-state index contributed by atoms with van der Waals surface area (Å²) in [5, 5.41) is 19.8. The van der Waals surface area contributed by atoms with Crippen molar-refractivity contribution >= 4 is 22.8 Å². The van der Waals surface area contributed by atoms with Gasteiger partial charge >= 0.3 is 5.97 Å². The number of pyridine rings is 2. The number of nitrogens with zero attached hydrogens (tertiary/aromatic N) is 3. The Morgan fingerprint density at radius 1 is 1.41 bits per heavy atom. The van der Waals surface area contributed by atoms with E-state index in [1.807, 2.05) is 6.92 Å². The second-order valence-electron chi connectivity index (χ2n) is 7.70. The molecule has 154 valence electrons. The molecule has 4 N–H and O–H groups in total. The molecule has 1 saturated heterocycles. The maximum atomic E-state index is 14.9. The third-order valence-electron chi connectivity index (χ3n) is 5.71. The van der Waals surface area contributed by atoms with Crippen molar-refractivity contribution in [3.63, 3.8) is 0 Å². The van der Waals surface area contributed by atoms with E-state index in [1.165, 1.54) is 6.20 Å². The van der Waals surface area contributed by atoms with Gasteiger partial charge in [0.05, 0.1) is 11.5 Å². The molecule has 4 rings (SSSR count). The number of β-amino-alcohol motifs (C(OH)–C–C–N with tert-alkyl or cyclic N) is 1. The van der Waals surface area contributed by atoms with E-state index in [2.05, 4.69) is 4.98 Å². The summed E-state index contributed by atoms with van der Waals surface area (Å²) in [5.41, 5.74) is 6.59. The first-order valence-electron chi connectivity index (χ1n) is 9.62.